The molecule has 0 spiro atoms. The third-order valence-corrected chi connectivity index (χ3v) is 7.66. The van der Waals surface area contributed by atoms with Crippen LogP contribution in [0.3, 0.4) is 0 Å². The van der Waals surface area contributed by atoms with E-state index in [1.54, 1.807) is 13.3 Å². The van der Waals surface area contributed by atoms with Crippen molar-refractivity contribution in [1.29, 1.82) is 0 Å². The predicted molar refractivity (Wildman–Crippen MR) is 169 cm³/mol. The minimum Gasteiger partial charge on any atom is -0.497 e. The van der Waals surface area contributed by atoms with E-state index < -0.39 is 0 Å². The number of aromatic nitrogens is 3. The summed E-state index contributed by atoms with van der Waals surface area (Å²) in [5.74, 6) is 1.36. The number of rotatable bonds is 11. The van der Waals surface area contributed by atoms with E-state index in [0.717, 1.165) is 41.3 Å². The van der Waals surface area contributed by atoms with Gasteiger partial charge in [-0.3, -0.25) is 9.36 Å². The molecule has 214 valence electrons. The molecule has 3 aromatic carbocycles. The molecule has 0 fully saturated rings. The molecule has 41 heavy (non-hydrogen) atoms. The normalized spacial score (nSPS) is 11.6. The van der Waals surface area contributed by atoms with E-state index in [0.29, 0.717) is 11.0 Å². The molecule has 0 saturated heterocycles. The van der Waals surface area contributed by atoms with Crippen LogP contribution in [-0.2, 0) is 10.2 Å². The maximum atomic E-state index is 12.6. The second kappa shape index (κ2) is 13.5. The molecule has 4 rings (SSSR count). The van der Waals surface area contributed by atoms with Crippen LogP contribution in [0.4, 0.5) is 5.69 Å². The zero-order valence-electron chi connectivity index (χ0n) is 24.6. The number of nitrogens with zero attached hydrogens (tertiary/aromatic N) is 5. The smallest absolute Gasteiger partial charge is 0.250 e. The second-order valence-corrected chi connectivity index (χ2v) is 11.5. The van der Waals surface area contributed by atoms with E-state index in [9.17, 15) is 4.79 Å². The van der Waals surface area contributed by atoms with Crippen LogP contribution in [-0.4, -0.2) is 52.8 Å². The molecule has 0 radical (unpaired) electrons. The van der Waals surface area contributed by atoms with E-state index >= 15 is 0 Å². The molecule has 1 heterocycles. The Morgan fingerprint density at radius 1 is 0.976 bits per heavy atom. The molecule has 0 aliphatic carbocycles. The topological polar surface area (TPSA) is 84.6 Å². The largest absolute Gasteiger partial charge is 0.497 e. The first-order valence-corrected chi connectivity index (χ1v) is 14.7. The Bertz CT molecular complexity index is 1450. The number of hydrazone groups is 1. The van der Waals surface area contributed by atoms with Crippen molar-refractivity contribution in [3.05, 3.63) is 83.9 Å². The average molecular weight is 571 g/mol. The first-order valence-electron chi connectivity index (χ1n) is 13.7. The minimum absolute atomic E-state index is 0.0494. The summed E-state index contributed by atoms with van der Waals surface area (Å²) in [6.45, 7) is 12.7. The van der Waals surface area contributed by atoms with E-state index in [4.69, 9.17) is 4.74 Å². The summed E-state index contributed by atoms with van der Waals surface area (Å²) in [5, 5.41) is 13.7. The third kappa shape index (κ3) is 7.55. The number of carbonyl (C=O) groups excluding carboxylic acids is 1. The summed E-state index contributed by atoms with van der Waals surface area (Å²) in [5.41, 5.74) is 7.80. The molecule has 4 aromatic rings. The molecule has 0 aliphatic heterocycles. The second-order valence-electron chi connectivity index (χ2n) is 10.5. The van der Waals surface area contributed by atoms with E-state index in [1.165, 1.54) is 17.3 Å². The lowest BCUT2D eigenvalue weighted by atomic mass is 9.87. The highest BCUT2D eigenvalue weighted by Gasteiger charge is 2.19. The quantitative estimate of drug-likeness (QED) is 0.129. The molecular formula is C32H38N6O2S. The highest BCUT2D eigenvalue weighted by molar-refractivity contribution is 7.99. The molecule has 0 aliphatic rings. The van der Waals surface area contributed by atoms with Gasteiger partial charge in [0.15, 0.2) is 11.0 Å². The molecule has 0 unspecified atom stereocenters. The summed E-state index contributed by atoms with van der Waals surface area (Å²) in [7, 11) is 1.64. The Balaban J connectivity index is 1.48. The van der Waals surface area contributed by atoms with Crippen LogP contribution >= 0.6 is 11.8 Å². The molecule has 8 nitrogen and oxygen atoms in total. The molecule has 1 aromatic heterocycles. The first-order chi connectivity index (χ1) is 19.7. The maximum absolute atomic E-state index is 12.6. The number of benzene rings is 3. The van der Waals surface area contributed by atoms with E-state index in [-0.39, 0.29) is 17.1 Å². The van der Waals surface area contributed by atoms with Gasteiger partial charge in [-0.15, -0.1) is 10.2 Å². The van der Waals surface area contributed by atoms with Crippen LogP contribution in [0.15, 0.2) is 83.1 Å². The van der Waals surface area contributed by atoms with Gasteiger partial charge in [0.2, 0.25) is 0 Å². The Morgan fingerprint density at radius 2 is 1.63 bits per heavy atom. The van der Waals surface area contributed by atoms with Gasteiger partial charge < -0.3 is 9.64 Å². The molecule has 0 saturated carbocycles. The number of ether oxygens (including phenoxy) is 1. The van der Waals surface area contributed by atoms with Crippen molar-refractivity contribution in [2.24, 2.45) is 5.10 Å². The number of hydrogen-bond acceptors (Lipinski definition) is 7. The maximum Gasteiger partial charge on any atom is 0.250 e. The summed E-state index contributed by atoms with van der Waals surface area (Å²) in [6, 6.07) is 24.2. The molecule has 1 N–H and O–H groups in total. The van der Waals surface area contributed by atoms with Crippen LogP contribution in [0.1, 0.15) is 45.7 Å². The summed E-state index contributed by atoms with van der Waals surface area (Å²) in [4.78, 5) is 14.9. The van der Waals surface area contributed by atoms with Crippen molar-refractivity contribution in [3.8, 4) is 22.8 Å². The first kappa shape index (κ1) is 29.9. The molecule has 1 amide bonds. The van der Waals surface area contributed by atoms with Gasteiger partial charge in [0.1, 0.15) is 5.75 Å². The van der Waals surface area contributed by atoms with Crippen LogP contribution in [0, 0.1) is 0 Å². The number of thioether (sulfide) groups is 1. The lowest BCUT2D eigenvalue weighted by molar-refractivity contribution is -0.118. The number of amides is 1. The number of anilines is 1. The highest BCUT2D eigenvalue weighted by atomic mass is 32.2. The molecular weight excluding hydrogens is 532 g/mol. The number of hydrogen-bond donors (Lipinski definition) is 1. The number of methoxy groups -OCH3 is 1. The van der Waals surface area contributed by atoms with Gasteiger partial charge in [-0.1, -0.05) is 68.9 Å². The lowest BCUT2D eigenvalue weighted by Gasteiger charge is -2.20. The van der Waals surface area contributed by atoms with Gasteiger partial charge in [-0.05, 0) is 66.8 Å². The minimum atomic E-state index is -0.230. The average Bonchev–Trinajstić information content (AvgIpc) is 3.41. The van der Waals surface area contributed by atoms with E-state index in [1.807, 2.05) is 41.0 Å². The van der Waals surface area contributed by atoms with E-state index in [2.05, 4.69) is 96.6 Å². The monoisotopic (exact) mass is 570 g/mol. The van der Waals surface area contributed by atoms with Crippen LogP contribution < -0.4 is 15.1 Å². The van der Waals surface area contributed by atoms with Gasteiger partial charge in [0, 0.05) is 30.0 Å². The van der Waals surface area contributed by atoms with Gasteiger partial charge >= 0.3 is 0 Å². The van der Waals surface area contributed by atoms with Crippen LogP contribution in [0.5, 0.6) is 5.75 Å². The third-order valence-electron chi connectivity index (χ3n) is 6.73. The fourth-order valence-corrected chi connectivity index (χ4v) is 5.08. The fraction of sp³-hybridized carbons (Fsp3) is 0.312. The van der Waals surface area contributed by atoms with Crippen LogP contribution in [0.2, 0.25) is 0 Å². The SMILES string of the molecule is CCN(CC)c1ccc(/C=N\NC(=O)CSc2nnc(-c3ccc(C(C)(C)C)cc3)n2-c2ccc(OC)cc2)cc1. The Kier molecular flexibility index (Phi) is 9.83. The van der Waals surface area contributed by atoms with Crippen molar-refractivity contribution >= 4 is 29.6 Å². The van der Waals surface area contributed by atoms with Crippen molar-refractivity contribution in [2.45, 2.75) is 45.2 Å². The summed E-state index contributed by atoms with van der Waals surface area (Å²) < 4.78 is 7.30. The zero-order valence-corrected chi connectivity index (χ0v) is 25.4. The summed E-state index contributed by atoms with van der Waals surface area (Å²) in [6.07, 6.45) is 1.65. The van der Waals surface area contributed by atoms with Gasteiger partial charge in [0.05, 0.1) is 19.1 Å². The number of carbonyl (C=O) groups is 1. The summed E-state index contributed by atoms with van der Waals surface area (Å²) >= 11 is 1.31. The standard InChI is InChI=1S/C32H38N6O2S/c1-7-37(8-2)26-15-9-23(10-16-26)21-33-34-29(39)22-41-31-36-35-30(24-11-13-25(14-12-24)32(3,4)5)38(31)27-17-19-28(40-6)20-18-27/h9-21H,7-8,22H2,1-6H3,(H,34,39)/b33-21-. The Labute approximate surface area is 246 Å². The molecule has 9 heteroatoms. The van der Waals surface area contributed by atoms with Crippen LogP contribution in [0.25, 0.3) is 17.1 Å². The lowest BCUT2D eigenvalue weighted by Crippen LogP contribution is -2.21. The molecule has 0 atom stereocenters. The van der Waals surface area contributed by atoms with Crippen molar-refractivity contribution in [1.82, 2.24) is 20.2 Å². The van der Waals surface area contributed by atoms with Crippen molar-refractivity contribution < 1.29 is 9.53 Å². The van der Waals surface area contributed by atoms with Gasteiger partial charge in [0.25, 0.3) is 5.91 Å². The molecule has 0 bridgehead atoms. The predicted octanol–water partition coefficient (Wildman–Crippen LogP) is 6.33. The Morgan fingerprint density at radius 3 is 2.22 bits per heavy atom. The van der Waals surface area contributed by atoms with Crippen molar-refractivity contribution in [3.63, 3.8) is 0 Å². The van der Waals surface area contributed by atoms with Gasteiger partial charge in [-0.2, -0.15) is 5.10 Å². The fourth-order valence-electron chi connectivity index (χ4n) is 4.33. The van der Waals surface area contributed by atoms with Crippen molar-refractivity contribution in [2.75, 3.05) is 30.9 Å². The zero-order chi connectivity index (χ0) is 29.4. The van der Waals surface area contributed by atoms with Gasteiger partial charge in [-0.25, -0.2) is 5.43 Å². The highest BCUT2D eigenvalue weighted by Crippen LogP contribution is 2.30. The number of nitrogens with one attached hydrogen (secondary N) is 1. The Hall–Kier alpha value is -4.11.